The molecule has 7 atom stereocenters. The van der Waals surface area contributed by atoms with Gasteiger partial charge in [-0.2, -0.15) is 0 Å². The molecule has 0 aliphatic heterocycles. The molecule has 11 N–H and O–H groups in total. The van der Waals surface area contributed by atoms with Crippen LogP contribution in [-0.4, -0.2) is 100 Å². The van der Waals surface area contributed by atoms with Crippen molar-refractivity contribution in [1.29, 1.82) is 0 Å². The van der Waals surface area contributed by atoms with E-state index in [0.29, 0.717) is 38.5 Å². The average molecular weight is 914 g/mol. The standard InChI is InChI=1S/C48H79N7O10/c1-32(2)28-38(45(61)52-37(44(50)60)29-34-20-12-10-13-21-34)53-47(63)43(33(3)57)55-42(59)26-18-8-4-6-16-24-36(25-17-7-5-9-19-27-56)51-39(31-41(49)58)46(62)54-40(48(64)65)30-35-22-14-11-15-23-35/h10,12-13,20-21,27,32-33,35-40,43,51,57H,4-9,11,14-19,22-26,28-31H2,1-3H3,(H2,49,58)(H2,50,60)(H,52,61)(H,53,63)(H,54,62)(H,55,59)(H,64,65)/t33-,36?,37-,38-,39-,40-,43-/m0/s1. The van der Waals surface area contributed by atoms with Gasteiger partial charge in [-0.3, -0.25) is 28.8 Å². The molecule has 0 bridgehead atoms. The fraction of sp³-hybridized carbons (Fsp3) is 0.708. The third kappa shape index (κ3) is 24.3. The van der Waals surface area contributed by atoms with Gasteiger partial charge in [0.25, 0.3) is 0 Å². The molecule has 65 heavy (non-hydrogen) atoms. The summed E-state index contributed by atoms with van der Waals surface area (Å²) in [5.74, 6) is -4.69. The summed E-state index contributed by atoms with van der Waals surface area (Å²) in [6.45, 7) is 5.11. The maximum atomic E-state index is 13.5. The van der Waals surface area contributed by atoms with Gasteiger partial charge in [-0.25, -0.2) is 4.79 Å². The summed E-state index contributed by atoms with van der Waals surface area (Å²) in [7, 11) is 0. The Balaban J connectivity index is 1.94. The normalized spacial score (nSPS) is 16.2. The second-order valence-electron chi connectivity index (χ2n) is 18.3. The third-order valence-electron chi connectivity index (χ3n) is 12.0. The van der Waals surface area contributed by atoms with Gasteiger partial charge in [0.15, 0.2) is 0 Å². The summed E-state index contributed by atoms with van der Waals surface area (Å²) in [6, 6.07) is 3.42. The Morgan fingerprint density at radius 3 is 1.85 bits per heavy atom. The highest BCUT2D eigenvalue weighted by Gasteiger charge is 2.33. The van der Waals surface area contributed by atoms with Crippen LogP contribution in [0, 0.1) is 11.8 Å². The Hall–Kier alpha value is -4.90. The fourth-order valence-corrected chi connectivity index (χ4v) is 8.41. The van der Waals surface area contributed by atoms with Crippen molar-refractivity contribution < 1.29 is 48.6 Å². The van der Waals surface area contributed by atoms with Crippen molar-refractivity contribution >= 4 is 47.7 Å². The first kappa shape index (κ1) is 56.2. The first-order valence-corrected chi connectivity index (χ1v) is 23.9. The van der Waals surface area contributed by atoms with Gasteiger partial charge in [-0.05, 0) is 62.8 Å². The van der Waals surface area contributed by atoms with Crippen LogP contribution >= 0.6 is 0 Å². The van der Waals surface area contributed by atoms with E-state index in [1.807, 2.05) is 19.9 Å². The number of carboxylic acids is 1. The van der Waals surface area contributed by atoms with Crippen LogP contribution in [0.1, 0.15) is 161 Å². The number of primary amides is 2. The minimum absolute atomic E-state index is 0.0295. The van der Waals surface area contributed by atoms with Crippen molar-refractivity contribution in [3.63, 3.8) is 0 Å². The lowest BCUT2D eigenvalue weighted by atomic mass is 9.84. The smallest absolute Gasteiger partial charge is 0.326 e. The first-order chi connectivity index (χ1) is 31.0. The van der Waals surface area contributed by atoms with Crippen molar-refractivity contribution in [3.05, 3.63) is 35.9 Å². The van der Waals surface area contributed by atoms with Crippen LogP contribution in [0.3, 0.4) is 0 Å². The predicted octanol–water partition coefficient (Wildman–Crippen LogP) is 3.61. The number of unbranched alkanes of at least 4 members (excludes halogenated alkanes) is 8. The average Bonchev–Trinajstić information content (AvgIpc) is 3.25. The maximum absolute atomic E-state index is 13.5. The zero-order chi connectivity index (χ0) is 48.1. The van der Waals surface area contributed by atoms with E-state index in [1.165, 1.54) is 6.92 Å². The molecule has 1 fully saturated rings. The number of hydrogen-bond acceptors (Lipinski definition) is 10. The molecule has 1 saturated carbocycles. The van der Waals surface area contributed by atoms with Crippen molar-refractivity contribution in [3.8, 4) is 0 Å². The number of nitrogens with one attached hydrogen (secondary N) is 5. The Labute approximate surface area is 385 Å². The van der Waals surface area contributed by atoms with Crippen LogP contribution in [0.25, 0.3) is 0 Å². The van der Waals surface area contributed by atoms with Gasteiger partial charge in [0, 0.05) is 25.3 Å². The Kier molecular flexibility index (Phi) is 27.6. The van der Waals surface area contributed by atoms with Gasteiger partial charge in [0.05, 0.1) is 18.6 Å². The molecule has 0 saturated heterocycles. The van der Waals surface area contributed by atoms with Crippen LogP contribution in [0.4, 0.5) is 0 Å². The topological polar surface area (TPSA) is 289 Å². The molecule has 1 aliphatic carbocycles. The van der Waals surface area contributed by atoms with Gasteiger partial charge >= 0.3 is 5.97 Å². The van der Waals surface area contributed by atoms with Crippen molar-refractivity contribution in [2.75, 3.05) is 0 Å². The molecule has 1 unspecified atom stereocenters. The Morgan fingerprint density at radius 1 is 0.708 bits per heavy atom. The van der Waals surface area contributed by atoms with Crippen LogP contribution in [0.5, 0.6) is 0 Å². The van der Waals surface area contributed by atoms with E-state index in [2.05, 4.69) is 26.6 Å². The summed E-state index contributed by atoms with van der Waals surface area (Å²) in [6.07, 6.45) is 14.1. The van der Waals surface area contributed by atoms with E-state index in [4.69, 9.17) is 11.5 Å². The number of rotatable bonds is 35. The number of aldehydes is 1. The largest absolute Gasteiger partial charge is 0.480 e. The van der Waals surface area contributed by atoms with E-state index < -0.39 is 77.7 Å². The number of aliphatic hydroxyl groups is 1. The highest BCUT2D eigenvalue weighted by molar-refractivity contribution is 5.94. The molecule has 17 nitrogen and oxygen atoms in total. The number of carbonyl (C=O) groups excluding carboxylic acids is 7. The minimum atomic E-state index is -1.33. The lowest BCUT2D eigenvalue weighted by Crippen LogP contribution is -2.59. The lowest BCUT2D eigenvalue weighted by Gasteiger charge is -2.28. The second kappa shape index (κ2) is 31.9. The fourth-order valence-electron chi connectivity index (χ4n) is 8.41. The van der Waals surface area contributed by atoms with Gasteiger partial charge in [0.2, 0.25) is 35.4 Å². The molecule has 1 aliphatic rings. The third-order valence-corrected chi connectivity index (χ3v) is 12.0. The number of hydrogen-bond donors (Lipinski definition) is 9. The molecule has 17 heteroatoms. The number of amides is 6. The number of aliphatic carboxylic acids is 1. The summed E-state index contributed by atoms with van der Waals surface area (Å²) in [4.78, 5) is 101. The van der Waals surface area contributed by atoms with E-state index in [0.717, 1.165) is 88.9 Å². The van der Waals surface area contributed by atoms with E-state index in [9.17, 15) is 48.6 Å². The zero-order valence-corrected chi connectivity index (χ0v) is 39.0. The molecule has 0 radical (unpaired) electrons. The Bertz CT molecular complexity index is 1620. The van der Waals surface area contributed by atoms with Gasteiger partial charge < -0.3 is 53.1 Å². The second-order valence-corrected chi connectivity index (χ2v) is 18.3. The highest BCUT2D eigenvalue weighted by atomic mass is 16.4. The molecule has 2 rings (SSSR count). The van der Waals surface area contributed by atoms with Crippen molar-refractivity contribution in [1.82, 2.24) is 26.6 Å². The van der Waals surface area contributed by atoms with E-state index in [-0.39, 0.29) is 43.6 Å². The molecule has 0 spiro atoms. The van der Waals surface area contributed by atoms with Crippen LogP contribution in [0.2, 0.25) is 0 Å². The summed E-state index contributed by atoms with van der Waals surface area (Å²) < 4.78 is 0. The molecule has 0 aromatic heterocycles. The predicted molar refractivity (Wildman–Crippen MR) is 248 cm³/mol. The van der Waals surface area contributed by atoms with Gasteiger partial charge in [0.1, 0.15) is 30.5 Å². The van der Waals surface area contributed by atoms with Crippen molar-refractivity contribution in [2.24, 2.45) is 23.3 Å². The van der Waals surface area contributed by atoms with E-state index in [1.54, 1.807) is 24.3 Å². The number of nitrogens with two attached hydrogens (primary N) is 2. The highest BCUT2D eigenvalue weighted by Crippen LogP contribution is 2.27. The molecule has 0 heterocycles. The number of carbonyl (C=O) groups is 8. The molecule has 6 amide bonds. The summed E-state index contributed by atoms with van der Waals surface area (Å²) in [5.41, 5.74) is 11.9. The maximum Gasteiger partial charge on any atom is 0.326 e. The molecular weight excluding hydrogens is 835 g/mol. The van der Waals surface area contributed by atoms with Crippen LogP contribution in [0.15, 0.2) is 30.3 Å². The summed E-state index contributed by atoms with van der Waals surface area (Å²) >= 11 is 0. The summed E-state index contributed by atoms with van der Waals surface area (Å²) in [5, 5.41) is 34.4. The number of benzene rings is 1. The van der Waals surface area contributed by atoms with Crippen LogP contribution < -0.4 is 38.1 Å². The SMILES string of the molecule is CC(C)C[C@H](NC(=O)[C@@H](NC(=O)CCCCCCCC(CCCCCCC=O)N[C@@H](CC(N)=O)C(=O)N[C@@H](CC1CCCCC1)C(=O)O)[C@H](C)O)C(=O)N[C@@H](Cc1ccccc1)C(N)=O. The molecule has 366 valence electrons. The Morgan fingerprint density at radius 2 is 1.28 bits per heavy atom. The monoisotopic (exact) mass is 914 g/mol. The molecule has 1 aromatic rings. The number of aliphatic hydroxyl groups excluding tert-OH is 1. The van der Waals surface area contributed by atoms with E-state index >= 15 is 0 Å². The quantitative estimate of drug-likeness (QED) is 0.0350. The number of carboxylic acid groups (broad SMARTS) is 1. The minimum Gasteiger partial charge on any atom is -0.480 e. The van der Waals surface area contributed by atoms with Gasteiger partial charge in [-0.15, -0.1) is 0 Å². The molecule has 1 aromatic carbocycles. The lowest BCUT2D eigenvalue weighted by molar-refractivity contribution is -0.143. The van der Waals surface area contributed by atoms with Crippen molar-refractivity contribution in [2.45, 2.75) is 204 Å². The van der Waals surface area contributed by atoms with Crippen LogP contribution in [-0.2, 0) is 44.8 Å². The molecular formula is C48H79N7O10. The first-order valence-electron chi connectivity index (χ1n) is 23.9. The zero-order valence-electron chi connectivity index (χ0n) is 39.0. The van der Waals surface area contributed by atoms with Gasteiger partial charge in [-0.1, -0.05) is 121 Å².